The van der Waals surface area contributed by atoms with E-state index in [4.69, 9.17) is 0 Å². The molecule has 0 bridgehead atoms. The molecule has 0 spiro atoms. The fraction of sp³-hybridized carbons (Fsp3) is 0.412. The van der Waals surface area contributed by atoms with E-state index in [1.54, 1.807) is 0 Å². The fourth-order valence-electron chi connectivity index (χ4n) is 3.22. The summed E-state index contributed by atoms with van der Waals surface area (Å²) in [4.78, 5) is 24.4. The van der Waals surface area contributed by atoms with E-state index in [0.29, 0.717) is 18.9 Å². The number of likely N-dealkylation sites (tertiary alicyclic amines) is 1. The summed E-state index contributed by atoms with van der Waals surface area (Å²) in [5, 5.41) is 14.6. The molecule has 1 aliphatic heterocycles. The van der Waals surface area contributed by atoms with Gasteiger partial charge in [0.2, 0.25) is 5.91 Å². The van der Waals surface area contributed by atoms with Crippen LogP contribution in [0.15, 0.2) is 36.7 Å². The number of rotatable bonds is 5. The predicted octanol–water partition coefficient (Wildman–Crippen LogP) is 2.51. The predicted molar refractivity (Wildman–Crippen MR) is 88.6 cm³/mol. The molecule has 1 aromatic carbocycles. The highest BCUT2D eigenvalue weighted by Crippen LogP contribution is 2.29. The van der Waals surface area contributed by atoms with Gasteiger partial charge in [-0.05, 0) is 24.5 Å². The summed E-state index contributed by atoms with van der Waals surface area (Å²) < 4.78 is 1.45. The van der Waals surface area contributed by atoms with Crippen molar-refractivity contribution in [3.05, 3.63) is 57.9 Å². The Kier molecular flexibility index (Phi) is 4.59. The molecular formula is C17H20N4O3. The number of nitrogens with zero attached hydrogens (tertiary/aromatic N) is 4. The summed E-state index contributed by atoms with van der Waals surface area (Å²) in [5.41, 5.74) is 2.53. The molecule has 0 aliphatic carbocycles. The Morgan fingerprint density at radius 2 is 2.21 bits per heavy atom. The number of aryl methyl sites for hydroxylation is 2. The smallest absolute Gasteiger partial charge is 0.306 e. The van der Waals surface area contributed by atoms with Crippen LogP contribution in [-0.4, -0.2) is 38.6 Å². The highest BCUT2D eigenvalue weighted by Gasteiger charge is 2.27. The van der Waals surface area contributed by atoms with Crippen molar-refractivity contribution in [3.8, 4) is 0 Å². The maximum absolute atomic E-state index is 12.4. The SMILES string of the molecule is Cc1ccccc1[C@@H]1CCN(C(=O)CCn2cc([N+](=O)[O-])cn2)C1. The minimum atomic E-state index is -0.488. The van der Waals surface area contributed by atoms with Crippen LogP contribution in [0.5, 0.6) is 0 Å². The third-order valence-corrected chi connectivity index (χ3v) is 4.55. The van der Waals surface area contributed by atoms with E-state index in [0.717, 1.165) is 19.5 Å². The van der Waals surface area contributed by atoms with Crippen LogP contribution in [0.1, 0.15) is 29.9 Å². The van der Waals surface area contributed by atoms with Crippen LogP contribution >= 0.6 is 0 Å². The van der Waals surface area contributed by atoms with E-state index in [-0.39, 0.29) is 11.6 Å². The zero-order valence-electron chi connectivity index (χ0n) is 13.6. The molecular weight excluding hydrogens is 308 g/mol. The van der Waals surface area contributed by atoms with Crippen molar-refractivity contribution in [3.63, 3.8) is 0 Å². The van der Waals surface area contributed by atoms with Crippen molar-refractivity contribution in [1.82, 2.24) is 14.7 Å². The Balaban J connectivity index is 1.55. The summed E-state index contributed by atoms with van der Waals surface area (Å²) >= 11 is 0. The van der Waals surface area contributed by atoms with Crippen LogP contribution in [0.3, 0.4) is 0 Å². The van der Waals surface area contributed by atoms with Crippen molar-refractivity contribution in [2.45, 2.75) is 32.2 Å². The maximum atomic E-state index is 12.4. The molecule has 0 unspecified atom stereocenters. The standard InChI is InChI=1S/C17H20N4O3/c1-13-4-2-3-5-16(13)14-6-8-19(11-14)17(22)7-9-20-12-15(10-18-20)21(23)24/h2-5,10,12,14H,6-9,11H2,1H3/t14-/m1/s1. The van der Waals surface area contributed by atoms with E-state index in [1.807, 2.05) is 17.0 Å². The van der Waals surface area contributed by atoms with Gasteiger partial charge in [0.05, 0.1) is 4.92 Å². The topological polar surface area (TPSA) is 81.3 Å². The Bertz CT molecular complexity index is 756. The molecule has 1 aliphatic rings. The lowest BCUT2D eigenvalue weighted by atomic mass is 9.94. The first-order valence-electron chi connectivity index (χ1n) is 8.04. The highest BCUT2D eigenvalue weighted by atomic mass is 16.6. The molecule has 1 aromatic heterocycles. The third kappa shape index (κ3) is 3.45. The highest BCUT2D eigenvalue weighted by molar-refractivity contribution is 5.76. The molecule has 7 nitrogen and oxygen atoms in total. The number of nitro groups is 1. The van der Waals surface area contributed by atoms with Gasteiger partial charge in [0.25, 0.3) is 0 Å². The van der Waals surface area contributed by atoms with Gasteiger partial charge in [-0.15, -0.1) is 0 Å². The van der Waals surface area contributed by atoms with E-state index >= 15 is 0 Å². The first kappa shape index (κ1) is 16.2. The largest absolute Gasteiger partial charge is 0.342 e. The van der Waals surface area contributed by atoms with Crippen molar-refractivity contribution in [2.24, 2.45) is 0 Å². The molecule has 1 atom stereocenters. The van der Waals surface area contributed by atoms with Gasteiger partial charge >= 0.3 is 5.69 Å². The van der Waals surface area contributed by atoms with E-state index < -0.39 is 4.92 Å². The molecule has 2 heterocycles. The lowest BCUT2D eigenvalue weighted by Gasteiger charge is -2.17. The number of carbonyl (C=O) groups excluding carboxylic acids is 1. The maximum Gasteiger partial charge on any atom is 0.306 e. The van der Waals surface area contributed by atoms with Crippen molar-refractivity contribution in [1.29, 1.82) is 0 Å². The van der Waals surface area contributed by atoms with Gasteiger partial charge in [0, 0.05) is 32.0 Å². The lowest BCUT2D eigenvalue weighted by molar-refractivity contribution is -0.385. The van der Waals surface area contributed by atoms with Crippen LogP contribution in [0.2, 0.25) is 0 Å². The Morgan fingerprint density at radius 3 is 2.92 bits per heavy atom. The average Bonchev–Trinajstić information content (AvgIpc) is 3.22. The summed E-state index contributed by atoms with van der Waals surface area (Å²) in [6.45, 7) is 3.96. The van der Waals surface area contributed by atoms with Gasteiger partial charge in [-0.25, -0.2) is 0 Å². The lowest BCUT2D eigenvalue weighted by Crippen LogP contribution is -2.29. The fourth-order valence-corrected chi connectivity index (χ4v) is 3.22. The zero-order chi connectivity index (χ0) is 17.1. The zero-order valence-corrected chi connectivity index (χ0v) is 13.6. The number of aromatic nitrogens is 2. The van der Waals surface area contributed by atoms with Crippen LogP contribution in [0.25, 0.3) is 0 Å². The summed E-state index contributed by atoms with van der Waals surface area (Å²) in [6, 6.07) is 8.30. The number of carbonyl (C=O) groups is 1. The Labute approximate surface area is 140 Å². The average molecular weight is 328 g/mol. The van der Waals surface area contributed by atoms with Crippen LogP contribution < -0.4 is 0 Å². The monoisotopic (exact) mass is 328 g/mol. The molecule has 1 saturated heterocycles. The second-order valence-corrected chi connectivity index (χ2v) is 6.15. The minimum Gasteiger partial charge on any atom is -0.342 e. The summed E-state index contributed by atoms with van der Waals surface area (Å²) in [7, 11) is 0. The second kappa shape index (κ2) is 6.82. The van der Waals surface area contributed by atoms with Crippen LogP contribution in [0, 0.1) is 17.0 Å². The van der Waals surface area contributed by atoms with Crippen LogP contribution in [-0.2, 0) is 11.3 Å². The first-order chi connectivity index (χ1) is 11.5. The van der Waals surface area contributed by atoms with Gasteiger partial charge in [-0.2, -0.15) is 5.10 Å². The molecule has 1 amide bonds. The second-order valence-electron chi connectivity index (χ2n) is 6.15. The summed E-state index contributed by atoms with van der Waals surface area (Å²) in [6.07, 6.45) is 3.84. The quantitative estimate of drug-likeness (QED) is 0.624. The van der Waals surface area contributed by atoms with E-state index in [2.05, 4.69) is 24.2 Å². The number of benzene rings is 1. The van der Waals surface area contributed by atoms with Gasteiger partial charge in [-0.3, -0.25) is 19.6 Å². The van der Waals surface area contributed by atoms with E-state index in [1.165, 1.54) is 28.2 Å². The van der Waals surface area contributed by atoms with Gasteiger partial charge < -0.3 is 4.90 Å². The molecule has 7 heteroatoms. The van der Waals surface area contributed by atoms with E-state index in [9.17, 15) is 14.9 Å². The summed E-state index contributed by atoms with van der Waals surface area (Å²) in [5.74, 6) is 0.463. The molecule has 0 radical (unpaired) electrons. The first-order valence-corrected chi connectivity index (χ1v) is 8.04. The van der Waals surface area contributed by atoms with Crippen molar-refractivity contribution >= 4 is 11.6 Å². The van der Waals surface area contributed by atoms with Crippen molar-refractivity contribution < 1.29 is 9.72 Å². The molecule has 126 valence electrons. The molecule has 0 saturated carbocycles. The van der Waals surface area contributed by atoms with Gasteiger partial charge in [0.1, 0.15) is 12.4 Å². The number of hydrogen-bond donors (Lipinski definition) is 0. The number of amides is 1. The molecule has 24 heavy (non-hydrogen) atoms. The van der Waals surface area contributed by atoms with Crippen molar-refractivity contribution in [2.75, 3.05) is 13.1 Å². The van der Waals surface area contributed by atoms with Gasteiger partial charge in [0.15, 0.2) is 0 Å². The van der Waals surface area contributed by atoms with Gasteiger partial charge in [-0.1, -0.05) is 24.3 Å². The van der Waals surface area contributed by atoms with Crippen LogP contribution in [0.4, 0.5) is 5.69 Å². The Morgan fingerprint density at radius 1 is 1.42 bits per heavy atom. The molecule has 2 aromatic rings. The molecule has 0 N–H and O–H groups in total. The molecule has 1 fully saturated rings. The normalized spacial score (nSPS) is 17.2. The number of hydrogen-bond acceptors (Lipinski definition) is 4. The third-order valence-electron chi connectivity index (χ3n) is 4.55. The Hall–Kier alpha value is -2.70. The molecule has 3 rings (SSSR count). The minimum absolute atomic E-state index is 0.0526.